The number of aryl methyl sites for hydroxylation is 2. The van der Waals surface area contributed by atoms with Gasteiger partial charge in [0.1, 0.15) is 5.65 Å². The number of aromatic nitrogens is 2. The second kappa shape index (κ2) is 5.34. The minimum atomic E-state index is 0.333. The van der Waals surface area contributed by atoms with Crippen LogP contribution in [0.25, 0.3) is 16.9 Å². The van der Waals surface area contributed by atoms with Gasteiger partial charge in [-0.05, 0) is 59.1 Å². The Hall–Kier alpha value is -2.12. The van der Waals surface area contributed by atoms with Crippen molar-refractivity contribution in [1.82, 2.24) is 9.38 Å². The quantitative estimate of drug-likeness (QED) is 0.692. The van der Waals surface area contributed by atoms with Gasteiger partial charge in [0.15, 0.2) is 0 Å². The fourth-order valence-corrected chi connectivity index (χ4v) is 2.77. The molecule has 0 atom stereocenters. The average molecular weight is 340 g/mol. The van der Waals surface area contributed by atoms with Crippen LogP contribution in [0.1, 0.15) is 16.8 Å². The predicted molar refractivity (Wildman–Crippen MR) is 87.1 cm³/mol. The number of fused-ring (bicyclic) bond motifs is 1. The number of pyridine rings is 1. The maximum Gasteiger partial charge on any atom is 0.137 e. The number of hydrogen-bond donors (Lipinski definition) is 0. The largest absolute Gasteiger partial charge is 0.301 e. The lowest BCUT2D eigenvalue weighted by Crippen LogP contribution is -1.94. The van der Waals surface area contributed by atoms with Crippen molar-refractivity contribution >= 4 is 21.6 Å². The summed E-state index contributed by atoms with van der Waals surface area (Å²) in [5, 5.41) is 9.13. The minimum Gasteiger partial charge on any atom is -0.301 e. The van der Waals surface area contributed by atoms with Crippen LogP contribution < -0.4 is 0 Å². The van der Waals surface area contributed by atoms with Crippen LogP contribution in [0, 0.1) is 25.2 Å². The Balaban J connectivity index is 2.28. The molecule has 0 aliphatic carbocycles. The van der Waals surface area contributed by atoms with Crippen molar-refractivity contribution in [2.24, 2.45) is 0 Å². The molecule has 0 saturated heterocycles. The summed E-state index contributed by atoms with van der Waals surface area (Å²) in [7, 11) is 0. The zero-order valence-electron chi connectivity index (χ0n) is 11.9. The zero-order valence-corrected chi connectivity index (χ0v) is 13.5. The normalized spacial score (nSPS) is 10.8. The van der Waals surface area contributed by atoms with Gasteiger partial charge in [-0.1, -0.05) is 12.1 Å². The lowest BCUT2D eigenvalue weighted by molar-refractivity contribution is 1.05. The molecule has 3 aromatic rings. The first-order valence-corrected chi connectivity index (χ1v) is 7.50. The highest BCUT2D eigenvalue weighted by molar-refractivity contribution is 9.10. The third kappa shape index (κ3) is 2.45. The van der Waals surface area contributed by atoms with Gasteiger partial charge in [-0.25, -0.2) is 4.98 Å². The van der Waals surface area contributed by atoms with Crippen molar-refractivity contribution in [3.63, 3.8) is 0 Å². The molecule has 0 aliphatic heterocycles. The maximum atomic E-state index is 9.13. The van der Waals surface area contributed by atoms with Crippen LogP contribution in [-0.2, 0) is 6.42 Å². The topological polar surface area (TPSA) is 41.1 Å². The van der Waals surface area contributed by atoms with E-state index >= 15 is 0 Å². The number of rotatable bonds is 2. The molecule has 104 valence electrons. The van der Waals surface area contributed by atoms with Gasteiger partial charge < -0.3 is 4.40 Å². The van der Waals surface area contributed by atoms with Crippen molar-refractivity contribution in [2.45, 2.75) is 20.3 Å². The minimum absolute atomic E-state index is 0.333. The van der Waals surface area contributed by atoms with Gasteiger partial charge in [-0.15, -0.1) is 0 Å². The number of hydrogen-bond acceptors (Lipinski definition) is 2. The molecule has 0 fully saturated rings. The molecule has 2 aromatic heterocycles. The first-order chi connectivity index (χ1) is 10.1. The first-order valence-electron chi connectivity index (χ1n) is 6.71. The Morgan fingerprint density at radius 3 is 2.71 bits per heavy atom. The Kier molecular flexibility index (Phi) is 3.52. The lowest BCUT2D eigenvalue weighted by atomic mass is 10.0. The summed E-state index contributed by atoms with van der Waals surface area (Å²) < 4.78 is 2.95. The lowest BCUT2D eigenvalue weighted by Gasteiger charge is -2.05. The van der Waals surface area contributed by atoms with Crippen LogP contribution in [0.15, 0.2) is 41.0 Å². The van der Waals surface area contributed by atoms with Crippen LogP contribution in [0.5, 0.6) is 0 Å². The molecule has 0 unspecified atom stereocenters. The molecular formula is C17H14BrN3. The van der Waals surface area contributed by atoms with E-state index in [0.717, 1.165) is 27.1 Å². The predicted octanol–water partition coefficient (Wildman–Crippen LogP) is 4.45. The van der Waals surface area contributed by atoms with Crippen LogP contribution in [0.4, 0.5) is 0 Å². The van der Waals surface area contributed by atoms with Crippen LogP contribution in [0.2, 0.25) is 0 Å². The zero-order chi connectivity index (χ0) is 15.0. The van der Waals surface area contributed by atoms with Gasteiger partial charge in [-0.3, -0.25) is 0 Å². The maximum absolute atomic E-state index is 9.13. The molecule has 0 aliphatic rings. The van der Waals surface area contributed by atoms with Crippen molar-refractivity contribution in [2.75, 3.05) is 0 Å². The molecule has 1 aromatic carbocycles. The molecule has 4 heteroatoms. The molecule has 2 heterocycles. The van der Waals surface area contributed by atoms with Crippen LogP contribution in [0.3, 0.4) is 0 Å². The fraction of sp³-hybridized carbons (Fsp3) is 0.176. The Labute approximate surface area is 132 Å². The van der Waals surface area contributed by atoms with E-state index in [0.29, 0.717) is 6.42 Å². The number of nitrogens with zero attached hydrogens (tertiary/aromatic N) is 3. The van der Waals surface area contributed by atoms with E-state index in [2.05, 4.69) is 54.0 Å². The van der Waals surface area contributed by atoms with Gasteiger partial charge in [0.25, 0.3) is 0 Å². The Morgan fingerprint density at radius 1 is 1.19 bits per heavy atom. The smallest absolute Gasteiger partial charge is 0.137 e. The molecule has 0 bridgehead atoms. The van der Waals surface area contributed by atoms with E-state index in [4.69, 9.17) is 10.2 Å². The van der Waals surface area contributed by atoms with Gasteiger partial charge in [0, 0.05) is 16.2 Å². The summed E-state index contributed by atoms with van der Waals surface area (Å²) in [6.07, 6.45) is 2.29. The molecule has 3 nitrogen and oxygen atoms in total. The standard InChI is InChI=1S/C17H14BrN3/c1-11-3-4-13(9-12(11)2)17-15(7-8-19)21-10-14(18)5-6-16(21)20-17/h3-6,9-10H,7H2,1-2H3. The fourth-order valence-electron chi connectivity index (χ4n) is 2.43. The first kappa shape index (κ1) is 13.8. The van der Waals surface area contributed by atoms with Crippen molar-refractivity contribution in [1.29, 1.82) is 5.26 Å². The molecule has 0 saturated carbocycles. The van der Waals surface area contributed by atoms with Crippen molar-refractivity contribution in [3.05, 3.63) is 57.8 Å². The van der Waals surface area contributed by atoms with E-state index in [-0.39, 0.29) is 0 Å². The molecule has 0 amide bonds. The molecule has 0 spiro atoms. The molecule has 21 heavy (non-hydrogen) atoms. The number of nitriles is 1. The van der Waals surface area contributed by atoms with E-state index < -0.39 is 0 Å². The van der Waals surface area contributed by atoms with Crippen LogP contribution >= 0.6 is 15.9 Å². The molecule has 0 N–H and O–H groups in total. The average Bonchev–Trinajstić information content (AvgIpc) is 2.81. The van der Waals surface area contributed by atoms with Gasteiger partial charge in [-0.2, -0.15) is 5.26 Å². The number of halogens is 1. The monoisotopic (exact) mass is 339 g/mol. The van der Waals surface area contributed by atoms with E-state index in [1.165, 1.54) is 11.1 Å². The second-order valence-corrected chi connectivity index (χ2v) is 6.03. The third-order valence-electron chi connectivity index (χ3n) is 3.71. The summed E-state index contributed by atoms with van der Waals surface area (Å²) >= 11 is 3.47. The van der Waals surface area contributed by atoms with E-state index in [9.17, 15) is 0 Å². The summed E-state index contributed by atoms with van der Waals surface area (Å²) in [5.74, 6) is 0. The summed E-state index contributed by atoms with van der Waals surface area (Å²) in [6, 6.07) is 12.5. The number of benzene rings is 1. The van der Waals surface area contributed by atoms with E-state index in [1.54, 1.807) is 0 Å². The number of imidazole rings is 1. The highest BCUT2D eigenvalue weighted by atomic mass is 79.9. The molecule has 0 radical (unpaired) electrons. The SMILES string of the molecule is Cc1ccc(-c2nc3ccc(Br)cn3c2CC#N)cc1C. The van der Waals surface area contributed by atoms with Crippen molar-refractivity contribution in [3.8, 4) is 17.3 Å². The van der Waals surface area contributed by atoms with Gasteiger partial charge in [0.05, 0.1) is 23.9 Å². The van der Waals surface area contributed by atoms with E-state index in [1.807, 2.05) is 22.7 Å². The molecular weight excluding hydrogens is 326 g/mol. The second-order valence-electron chi connectivity index (χ2n) is 5.12. The Morgan fingerprint density at radius 2 is 2.00 bits per heavy atom. The van der Waals surface area contributed by atoms with Crippen LogP contribution in [-0.4, -0.2) is 9.38 Å². The van der Waals surface area contributed by atoms with Gasteiger partial charge in [0.2, 0.25) is 0 Å². The third-order valence-corrected chi connectivity index (χ3v) is 4.18. The van der Waals surface area contributed by atoms with Crippen molar-refractivity contribution < 1.29 is 0 Å². The highest BCUT2D eigenvalue weighted by Gasteiger charge is 2.14. The highest BCUT2D eigenvalue weighted by Crippen LogP contribution is 2.27. The summed E-state index contributed by atoms with van der Waals surface area (Å²) in [4.78, 5) is 4.70. The Bertz CT molecular complexity index is 872. The summed E-state index contributed by atoms with van der Waals surface area (Å²) in [6.45, 7) is 4.19. The summed E-state index contributed by atoms with van der Waals surface area (Å²) in [5.41, 5.74) is 6.22. The molecule has 3 rings (SSSR count). The van der Waals surface area contributed by atoms with Gasteiger partial charge >= 0.3 is 0 Å².